The number of rotatable bonds is 3. The number of hydrogen-bond donors (Lipinski definition) is 1. The number of nitrogens with zero attached hydrogens (tertiary/aromatic N) is 4. The topological polar surface area (TPSA) is 87.9 Å². The number of aromatic amines is 1. The van der Waals surface area contributed by atoms with Gasteiger partial charge in [0.1, 0.15) is 16.8 Å². The molecule has 4 heterocycles. The molecule has 7 nitrogen and oxygen atoms in total. The monoisotopic (exact) mass is 379 g/mol. The number of imidazole rings is 1. The van der Waals surface area contributed by atoms with Gasteiger partial charge in [0, 0.05) is 18.7 Å². The molecule has 0 saturated carbocycles. The minimum atomic E-state index is -0.280. The van der Waals surface area contributed by atoms with E-state index in [1.807, 2.05) is 30.0 Å². The van der Waals surface area contributed by atoms with Gasteiger partial charge in [0.15, 0.2) is 6.39 Å². The number of thiazole rings is 1. The van der Waals surface area contributed by atoms with E-state index in [1.165, 1.54) is 6.39 Å². The van der Waals surface area contributed by atoms with E-state index in [2.05, 4.69) is 21.0 Å². The molecular formula is C19H17N5O2S. The average molecular weight is 379 g/mol. The zero-order valence-corrected chi connectivity index (χ0v) is 15.5. The highest BCUT2D eigenvalue weighted by Gasteiger charge is 2.36. The minimum Gasteiger partial charge on any atom is -0.449 e. The van der Waals surface area contributed by atoms with Crippen LogP contribution in [0, 0.1) is 6.92 Å². The fraction of sp³-hybridized carbons (Fsp3) is 0.263. The van der Waals surface area contributed by atoms with Crippen LogP contribution >= 0.6 is 11.3 Å². The number of para-hydroxylation sites is 1. The Labute approximate surface area is 159 Å². The third kappa shape index (κ3) is 2.73. The molecule has 1 aliphatic heterocycles. The Hall–Kier alpha value is -3.00. The van der Waals surface area contributed by atoms with E-state index in [4.69, 9.17) is 9.40 Å². The van der Waals surface area contributed by atoms with Crippen molar-refractivity contribution in [1.82, 2.24) is 24.8 Å². The number of amides is 1. The maximum Gasteiger partial charge on any atom is 0.229 e. The fourth-order valence-corrected chi connectivity index (χ4v) is 4.63. The Kier molecular flexibility index (Phi) is 3.78. The zero-order valence-electron chi connectivity index (χ0n) is 14.7. The number of oxazole rings is 1. The number of aryl methyl sites for hydroxylation is 1. The molecule has 0 unspecified atom stereocenters. The molecule has 1 amide bonds. The Balaban J connectivity index is 1.55. The molecule has 5 rings (SSSR count). The van der Waals surface area contributed by atoms with Crippen LogP contribution in [-0.2, 0) is 17.6 Å². The van der Waals surface area contributed by atoms with E-state index in [-0.39, 0.29) is 18.4 Å². The first kappa shape index (κ1) is 16.2. The molecule has 1 atom stereocenters. The number of benzene rings is 1. The second-order valence-corrected chi connectivity index (χ2v) is 7.62. The summed E-state index contributed by atoms with van der Waals surface area (Å²) in [4.78, 5) is 31.7. The zero-order chi connectivity index (χ0) is 18.4. The second-order valence-electron chi connectivity index (χ2n) is 6.56. The van der Waals surface area contributed by atoms with Crippen molar-refractivity contribution in [2.45, 2.75) is 25.8 Å². The van der Waals surface area contributed by atoms with Gasteiger partial charge in [-0.25, -0.2) is 15.0 Å². The first-order chi connectivity index (χ1) is 13.2. The maximum atomic E-state index is 13.1. The number of aromatic nitrogens is 4. The number of nitrogens with one attached hydrogen (secondary N) is 1. The Bertz CT molecular complexity index is 1090. The molecule has 136 valence electrons. The summed E-state index contributed by atoms with van der Waals surface area (Å²) in [7, 11) is 0. The molecule has 0 spiro atoms. The van der Waals surface area contributed by atoms with Crippen LogP contribution < -0.4 is 0 Å². The lowest BCUT2D eigenvalue weighted by molar-refractivity contribution is -0.132. The molecule has 4 aromatic rings. The summed E-state index contributed by atoms with van der Waals surface area (Å²) in [5, 5.41) is 0.884. The lowest BCUT2D eigenvalue weighted by Crippen LogP contribution is -2.41. The normalized spacial score (nSPS) is 16.6. The van der Waals surface area contributed by atoms with Gasteiger partial charge in [0.25, 0.3) is 0 Å². The van der Waals surface area contributed by atoms with Crippen molar-refractivity contribution in [1.29, 1.82) is 0 Å². The van der Waals surface area contributed by atoms with Gasteiger partial charge in [-0.05, 0) is 19.1 Å². The van der Waals surface area contributed by atoms with Crippen molar-refractivity contribution < 1.29 is 9.21 Å². The molecular weight excluding hydrogens is 362 g/mol. The van der Waals surface area contributed by atoms with E-state index in [9.17, 15) is 4.79 Å². The van der Waals surface area contributed by atoms with Gasteiger partial charge in [-0.3, -0.25) is 4.79 Å². The third-order valence-corrected chi connectivity index (χ3v) is 6.04. The summed E-state index contributed by atoms with van der Waals surface area (Å²) >= 11 is 1.61. The summed E-state index contributed by atoms with van der Waals surface area (Å²) in [5.74, 6) is 0.683. The average Bonchev–Trinajstić information content (AvgIpc) is 3.40. The maximum absolute atomic E-state index is 13.1. The number of hydrogen-bond acceptors (Lipinski definition) is 6. The van der Waals surface area contributed by atoms with Crippen molar-refractivity contribution in [2.75, 3.05) is 6.54 Å². The highest BCUT2D eigenvalue weighted by Crippen LogP contribution is 2.37. The van der Waals surface area contributed by atoms with Gasteiger partial charge in [0.2, 0.25) is 5.91 Å². The third-order valence-electron chi connectivity index (χ3n) is 4.95. The van der Waals surface area contributed by atoms with E-state index < -0.39 is 0 Å². The molecule has 27 heavy (non-hydrogen) atoms. The smallest absolute Gasteiger partial charge is 0.229 e. The van der Waals surface area contributed by atoms with E-state index in [0.717, 1.165) is 33.0 Å². The molecule has 1 aliphatic rings. The summed E-state index contributed by atoms with van der Waals surface area (Å²) in [5.41, 5.74) is 3.57. The van der Waals surface area contributed by atoms with Gasteiger partial charge in [0.05, 0.1) is 34.4 Å². The van der Waals surface area contributed by atoms with Crippen LogP contribution in [0.15, 0.2) is 41.4 Å². The first-order valence-corrected chi connectivity index (χ1v) is 9.58. The summed E-state index contributed by atoms with van der Waals surface area (Å²) in [6, 6.07) is 7.74. The summed E-state index contributed by atoms with van der Waals surface area (Å²) in [6.07, 6.45) is 4.04. The van der Waals surface area contributed by atoms with Crippen LogP contribution in [0.2, 0.25) is 0 Å². The molecule has 3 aromatic heterocycles. The van der Waals surface area contributed by atoms with Gasteiger partial charge >= 0.3 is 0 Å². The predicted molar refractivity (Wildman–Crippen MR) is 100 cm³/mol. The molecule has 1 aromatic carbocycles. The van der Waals surface area contributed by atoms with Gasteiger partial charge in [-0.1, -0.05) is 12.1 Å². The Morgan fingerprint density at radius 2 is 2.26 bits per heavy atom. The minimum absolute atomic E-state index is 0.00454. The highest BCUT2D eigenvalue weighted by molar-refractivity contribution is 7.18. The number of H-pyrrole nitrogens is 1. The van der Waals surface area contributed by atoms with E-state index in [0.29, 0.717) is 18.0 Å². The van der Waals surface area contributed by atoms with Crippen molar-refractivity contribution in [3.8, 4) is 0 Å². The number of fused-ring (bicyclic) bond motifs is 2. The molecule has 1 N–H and O–H groups in total. The molecule has 0 bridgehead atoms. The van der Waals surface area contributed by atoms with Crippen molar-refractivity contribution in [3.63, 3.8) is 0 Å². The largest absolute Gasteiger partial charge is 0.449 e. The first-order valence-electron chi connectivity index (χ1n) is 8.77. The van der Waals surface area contributed by atoms with Crippen molar-refractivity contribution in [3.05, 3.63) is 64.8 Å². The molecule has 0 radical (unpaired) electrons. The van der Waals surface area contributed by atoms with Gasteiger partial charge < -0.3 is 14.3 Å². The molecule has 0 fully saturated rings. The predicted octanol–water partition coefficient (Wildman–Crippen LogP) is 3.03. The quantitative estimate of drug-likeness (QED) is 0.591. The van der Waals surface area contributed by atoms with Crippen LogP contribution in [0.25, 0.3) is 10.2 Å². The van der Waals surface area contributed by atoms with E-state index >= 15 is 0 Å². The lowest BCUT2D eigenvalue weighted by atomic mass is 10.0. The van der Waals surface area contributed by atoms with Crippen LogP contribution in [-0.4, -0.2) is 37.3 Å². The Morgan fingerprint density at radius 1 is 1.37 bits per heavy atom. The summed E-state index contributed by atoms with van der Waals surface area (Å²) < 4.78 is 6.34. The number of carbonyl (C=O) groups is 1. The molecule has 8 heteroatoms. The van der Waals surface area contributed by atoms with Gasteiger partial charge in [-0.2, -0.15) is 0 Å². The summed E-state index contributed by atoms with van der Waals surface area (Å²) in [6.45, 7) is 2.44. The SMILES string of the molecule is Cc1ocnc1CC(=O)N1CCc2[nH]cnc2[C@H]1c1nc2ccccc2s1. The van der Waals surface area contributed by atoms with Crippen LogP contribution in [0.4, 0.5) is 0 Å². The van der Waals surface area contributed by atoms with Crippen LogP contribution in [0.1, 0.15) is 33.9 Å². The second kappa shape index (κ2) is 6.31. The lowest BCUT2D eigenvalue weighted by Gasteiger charge is -2.33. The fourth-order valence-electron chi connectivity index (χ4n) is 3.55. The standard InChI is InChI=1S/C19H17N5O2S/c1-11-14(22-10-26-11)8-16(25)24-7-6-13-17(21-9-20-13)18(24)19-23-12-4-2-3-5-15(12)27-19/h2-5,9-10,18H,6-8H2,1H3,(H,20,21)/t18-/m0/s1. The number of carbonyl (C=O) groups excluding carboxylic acids is 1. The van der Waals surface area contributed by atoms with E-state index in [1.54, 1.807) is 17.7 Å². The van der Waals surface area contributed by atoms with Crippen LogP contribution in [0.5, 0.6) is 0 Å². The Morgan fingerprint density at radius 3 is 3.07 bits per heavy atom. The van der Waals surface area contributed by atoms with Crippen LogP contribution in [0.3, 0.4) is 0 Å². The van der Waals surface area contributed by atoms with Crippen molar-refractivity contribution in [2.24, 2.45) is 0 Å². The molecule has 0 aliphatic carbocycles. The molecule has 0 saturated heterocycles. The van der Waals surface area contributed by atoms with Gasteiger partial charge in [-0.15, -0.1) is 11.3 Å². The highest BCUT2D eigenvalue weighted by atomic mass is 32.1. The van der Waals surface area contributed by atoms with Crippen molar-refractivity contribution >= 4 is 27.5 Å².